The van der Waals surface area contributed by atoms with Crippen LogP contribution in [-0.2, 0) is 6.54 Å². The largest absolute Gasteiger partial charge is 0.494 e. The van der Waals surface area contributed by atoms with Crippen LogP contribution in [0.5, 0.6) is 5.75 Å². The van der Waals surface area contributed by atoms with Crippen molar-refractivity contribution in [3.05, 3.63) is 52.1 Å². The quantitative estimate of drug-likeness (QED) is 0.819. The van der Waals surface area contributed by atoms with Gasteiger partial charge in [0.05, 0.1) is 6.61 Å². The number of ether oxygens (including phenoxy) is 1. The number of nitrogens with zero attached hydrogens (tertiary/aromatic N) is 2. The van der Waals surface area contributed by atoms with E-state index in [1.54, 1.807) is 0 Å². The van der Waals surface area contributed by atoms with E-state index in [2.05, 4.69) is 58.0 Å². The molecule has 20 heavy (non-hydrogen) atoms. The maximum absolute atomic E-state index is 5.45. The van der Waals surface area contributed by atoms with Gasteiger partial charge in [-0.2, -0.15) is 0 Å². The summed E-state index contributed by atoms with van der Waals surface area (Å²) >= 11 is 3.44. The zero-order valence-corrected chi connectivity index (χ0v) is 13.6. The lowest BCUT2D eigenvalue weighted by Crippen LogP contribution is -2.18. The van der Waals surface area contributed by atoms with Crippen molar-refractivity contribution in [3.63, 3.8) is 0 Å². The number of rotatable bonds is 5. The van der Waals surface area contributed by atoms with Gasteiger partial charge < -0.3 is 9.64 Å². The zero-order chi connectivity index (χ0) is 14.5. The fraction of sp³-hybridized carbons (Fsp3) is 0.312. The first-order valence-corrected chi connectivity index (χ1v) is 7.44. The first kappa shape index (κ1) is 14.9. The van der Waals surface area contributed by atoms with Gasteiger partial charge in [0.15, 0.2) is 0 Å². The smallest absolute Gasteiger partial charge is 0.131 e. The Bertz CT molecular complexity index is 569. The summed E-state index contributed by atoms with van der Waals surface area (Å²) < 4.78 is 6.46. The lowest BCUT2D eigenvalue weighted by Gasteiger charge is -2.20. The highest BCUT2D eigenvalue weighted by Crippen LogP contribution is 2.21. The molecule has 0 N–H and O–H groups in total. The normalized spacial score (nSPS) is 10.4. The van der Waals surface area contributed by atoms with Gasteiger partial charge in [-0.15, -0.1) is 0 Å². The number of aryl methyl sites for hydroxylation is 1. The summed E-state index contributed by atoms with van der Waals surface area (Å²) in [5, 5.41) is 0. The minimum Gasteiger partial charge on any atom is -0.494 e. The number of hydrogen-bond acceptors (Lipinski definition) is 3. The summed E-state index contributed by atoms with van der Waals surface area (Å²) in [5.74, 6) is 1.92. The lowest BCUT2D eigenvalue weighted by molar-refractivity contribution is 0.340. The molecule has 0 aliphatic rings. The van der Waals surface area contributed by atoms with Crippen LogP contribution in [0.4, 0.5) is 5.82 Å². The van der Waals surface area contributed by atoms with Crippen LogP contribution in [0, 0.1) is 6.92 Å². The third kappa shape index (κ3) is 3.73. The molecule has 0 unspecified atom stereocenters. The van der Waals surface area contributed by atoms with Gasteiger partial charge in [0.25, 0.3) is 0 Å². The summed E-state index contributed by atoms with van der Waals surface area (Å²) in [6, 6.07) is 10.3. The number of hydrogen-bond donors (Lipinski definition) is 0. The summed E-state index contributed by atoms with van der Waals surface area (Å²) in [6.45, 7) is 5.58. The number of pyridine rings is 1. The highest BCUT2D eigenvalue weighted by molar-refractivity contribution is 9.10. The summed E-state index contributed by atoms with van der Waals surface area (Å²) in [4.78, 5) is 6.63. The molecule has 0 saturated heterocycles. The van der Waals surface area contributed by atoms with Gasteiger partial charge in [-0.25, -0.2) is 4.98 Å². The van der Waals surface area contributed by atoms with Crippen LogP contribution in [0.25, 0.3) is 0 Å². The minimum atomic E-state index is 0.696. The van der Waals surface area contributed by atoms with Crippen LogP contribution in [0.15, 0.2) is 41.0 Å². The molecule has 1 heterocycles. The molecule has 0 aliphatic heterocycles. The molecule has 2 rings (SSSR count). The highest BCUT2D eigenvalue weighted by Gasteiger charge is 2.07. The van der Waals surface area contributed by atoms with Gasteiger partial charge in [-0.3, -0.25) is 0 Å². The molecule has 0 spiro atoms. The molecule has 1 aromatic heterocycles. The Balaban J connectivity index is 2.08. The number of anilines is 1. The molecule has 0 atom stereocenters. The maximum atomic E-state index is 5.45. The third-order valence-corrected chi connectivity index (χ3v) is 3.47. The standard InChI is InChI=1S/C16H19BrN2O/c1-4-20-15-7-5-13(6-8-15)11-19(3)16-12(2)9-14(17)10-18-16/h5-10H,4,11H2,1-3H3. The fourth-order valence-electron chi connectivity index (χ4n) is 2.14. The molecule has 0 amide bonds. The fourth-order valence-corrected chi connectivity index (χ4v) is 2.59. The number of halogens is 1. The van der Waals surface area contributed by atoms with Crippen LogP contribution in [0.3, 0.4) is 0 Å². The van der Waals surface area contributed by atoms with Crippen LogP contribution in [-0.4, -0.2) is 18.6 Å². The van der Waals surface area contributed by atoms with E-state index in [9.17, 15) is 0 Å². The van der Waals surface area contributed by atoms with E-state index in [1.807, 2.05) is 25.3 Å². The molecule has 4 heteroatoms. The van der Waals surface area contributed by atoms with Gasteiger partial charge in [0.1, 0.15) is 11.6 Å². The van der Waals surface area contributed by atoms with Gasteiger partial charge in [-0.05, 0) is 59.1 Å². The van der Waals surface area contributed by atoms with Crippen molar-refractivity contribution >= 4 is 21.7 Å². The molecule has 0 bridgehead atoms. The molecule has 2 aromatic rings. The Morgan fingerprint density at radius 1 is 1.25 bits per heavy atom. The van der Waals surface area contributed by atoms with Crippen molar-refractivity contribution in [2.24, 2.45) is 0 Å². The molecule has 0 aliphatic carbocycles. The third-order valence-electron chi connectivity index (χ3n) is 3.03. The molecular weight excluding hydrogens is 316 g/mol. The number of benzene rings is 1. The predicted molar refractivity (Wildman–Crippen MR) is 86.4 cm³/mol. The SMILES string of the molecule is CCOc1ccc(CN(C)c2ncc(Br)cc2C)cc1. The van der Waals surface area contributed by atoms with E-state index in [0.29, 0.717) is 6.61 Å². The molecule has 3 nitrogen and oxygen atoms in total. The van der Waals surface area contributed by atoms with Crippen molar-refractivity contribution in [3.8, 4) is 5.75 Å². The molecule has 0 saturated carbocycles. The summed E-state index contributed by atoms with van der Waals surface area (Å²) in [5.41, 5.74) is 2.40. The average molecular weight is 335 g/mol. The molecule has 0 radical (unpaired) electrons. The Morgan fingerprint density at radius 2 is 1.95 bits per heavy atom. The average Bonchev–Trinajstić information content (AvgIpc) is 2.41. The molecule has 106 valence electrons. The minimum absolute atomic E-state index is 0.696. The van der Waals surface area contributed by atoms with Gasteiger partial charge in [-0.1, -0.05) is 12.1 Å². The summed E-state index contributed by atoms with van der Waals surface area (Å²) in [6.07, 6.45) is 1.83. The van der Waals surface area contributed by atoms with Crippen LogP contribution in [0.1, 0.15) is 18.1 Å². The second-order valence-corrected chi connectivity index (χ2v) is 5.64. The Hall–Kier alpha value is -1.55. The van der Waals surface area contributed by atoms with Crippen molar-refractivity contribution in [1.29, 1.82) is 0 Å². The first-order chi connectivity index (χ1) is 9.60. The van der Waals surface area contributed by atoms with Gasteiger partial charge in [0.2, 0.25) is 0 Å². The van der Waals surface area contributed by atoms with Crippen LogP contribution >= 0.6 is 15.9 Å². The predicted octanol–water partition coefficient (Wildman–Crippen LogP) is 4.19. The Morgan fingerprint density at radius 3 is 2.55 bits per heavy atom. The topological polar surface area (TPSA) is 25.4 Å². The Labute approximate surface area is 128 Å². The van der Waals surface area contributed by atoms with Crippen LogP contribution < -0.4 is 9.64 Å². The highest BCUT2D eigenvalue weighted by atomic mass is 79.9. The van der Waals surface area contributed by atoms with Crippen molar-refractivity contribution in [2.45, 2.75) is 20.4 Å². The van der Waals surface area contributed by atoms with E-state index in [-0.39, 0.29) is 0 Å². The molecule has 1 aromatic carbocycles. The van der Waals surface area contributed by atoms with Crippen LogP contribution in [0.2, 0.25) is 0 Å². The van der Waals surface area contributed by atoms with Crippen molar-refractivity contribution in [2.75, 3.05) is 18.6 Å². The van der Waals surface area contributed by atoms with Gasteiger partial charge in [0, 0.05) is 24.3 Å². The van der Waals surface area contributed by atoms with Crippen molar-refractivity contribution < 1.29 is 4.74 Å². The lowest BCUT2D eigenvalue weighted by atomic mass is 10.2. The molecule has 0 fully saturated rings. The van der Waals surface area contributed by atoms with Gasteiger partial charge >= 0.3 is 0 Å². The van der Waals surface area contributed by atoms with E-state index in [1.165, 1.54) is 5.56 Å². The summed E-state index contributed by atoms with van der Waals surface area (Å²) in [7, 11) is 2.06. The van der Waals surface area contributed by atoms with E-state index in [4.69, 9.17) is 4.74 Å². The monoisotopic (exact) mass is 334 g/mol. The van der Waals surface area contributed by atoms with E-state index < -0.39 is 0 Å². The van der Waals surface area contributed by atoms with E-state index in [0.717, 1.165) is 28.1 Å². The first-order valence-electron chi connectivity index (χ1n) is 6.65. The maximum Gasteiger partial charge on any atom is 0.131 e. The second kappa shape index (κ2) is 6.75. The van der Waals surface area contributed by atoms with Crippen molar-refractivity contribution in [1.82, 2.24) is 4.98 Å². The van der Waals surface area contributed by atoms with E-state index >= 15 is 0 Å². The number of aromatic nitrogens is 1. The Kier molecular flexibility index (Phi) is 5.01. The zero-order valence-electron chi connectivity index (χ0n) is 12.1. The second-order valence-electron chi connectivity index (χ2n) is 4.73. The molecular formula is C16H19BrN2O.